The minimum absolute atomic E-state index is 0.0263. The van der Waals surface area contributed by atoms with E-state index in [1.165, 1.54) is 0 Å². The molecule has 0 spiro atoms. The Morgan fingerprint density at radius 1 is 1.38 bits per heavy atom. The van der Waals surface area contributed by atoms with Crippen LogP contribution in [0.2, 0.25) is 0 Å². The first-order valence-electron chi connectivity index (χ1n) is 5.92. The number of carbonyl (C=O) groups excluding carboxylic acids is 2. The molecule has 1 amide bonds. The molecule has 2 fully saturated rings. The standard InChI is InChI=1S/C12H19NO3/c1-12(2,3)16-11(15)9-7-5-4-6-8(7)10(14)13-9/h7-9H,4-6H2,1-3H3,(H,13,14)/t7-,8+,9-/m0/s1. The van der Waals surface area contributed by atoms with Crippen molar-refractivity contribution in [3.8, 4) is 0 Å². The van der Waals surface area contributed by atoms with Crippen molar-refractivity contribution in [2.45, 2.75) is 51.7 Å². The fraction of sp³-hybridized carbons (Fsp3) is 0.833. The van der Waals surface area contributed by atoms with Gasteiger partial charge >= 0.3 is 5.97 Å². The van der Waals surface area contributed by atoms with Gasteiger partial charge < -0.3 is 10.1 Å². The van der Waals surface area contributed by atoms with Gasteiger partial charge in [-0.15, -0.1) is 0 Å². The molecule has 1 saturated heterocycles. The predicted molar refractivity (Wildman–Crippen MR) is 58.6 cm³/mol. The first-order valence-corrected chi connectivity index (χ1v) is 5.92. The highest BCUT2D eigenvalue weighted by Crippen LogP contribution is 2.39. The van der Waals surface area contributed by atoms with Crippen LogP contribution in [0.15, 0.2) is 0 Å². The molecule has 1 saturated carbocycles. The first-order chi connectivity index (χ1) is 7.38. The Labute approximate surface area is 95.7 Å². The fourth-order valence-corrected chi connectivity index (χ4v) is 2.68. The Hall–Kier alpha value is -1.06. The van der Waals surface area contributed by atoms with Crippen LogP contribution in [0.4, 0.5) is 0 Å². The van der Waals surface area contributed by atoms with Crippen LogP contribution in [0.25, 0.3) is 0 Å². The average Bonchev–Trinajstić information content (AvgIpc) is 2.66. The third-order valence-electron chi connectivity index (χ3n) is 3.29. The van der Waals surface area contributed by atoms with Gasteiger partial charge in [0, 0.05) is 11.8 Å². The second-order valence-electron chi connectivity index (χ2n) is 5.72. The van der Waals surface area contributed by atoms with Gasteiger partial charge in [-0.05, 0) is 33.6 Å². The lowest BCUT2D eigenvalue weighted by Gasteiger charge is -2.24. The monoisotopic (exact) mass is 225 g/mol. The van der Waals surface area contributed by atoms with Gasteiger partial charge in [-0.1, -0.05) is 6.42 Å². The third-order valence-corrected chi connectivity index (χ3v) is 3.29. The Morgan fingerprint density at radius 2 is 2.06 bits per heavy atom. The molecule has 4 nitrogen and oxygen atoms in total. The number of hydrogen-bond donors (Lipinski definition) is 1. The minimum atomic E-state index is -0.488. The lowest BCUT2D eigenvalue weighted by molar-refractivity contribution is -0.158. The molecule has 2 rings (SSSR count). The maximum absolute atomic E-state index is 11.9. The highest BCUT2D eigenvalue weighted by molar-refractivity contribution is 5.90. The van der Waals surface area contributed by atoms with E-state index in [4.69, 9.17) is 4.74 Å². The summed E-state index contributed by atoms with van der Waals surface area (Å²) in [4.78, 5) is 23.5. The molecule has 4 heteroatoms. The molecule has 0 unspecified atom stereocenters. The van der Waals surface area contributed by atoms with E-state index in [1.54, 1.807) is 0 Å². The van der Waals surface area contributed by atoms with Gasteiger partial charge in [0.25, 0.3) is 0 Å². The number of esters is 1. The van der Waals surface area contributed by atoms with E-state index in [1.807, 2.05) is 20.8 Å². The minimum Gasteiger partial charge on any atom is -0.458 e. The fourth-order valence-electron chi connectivity index (χ4n) is 2.68. The van der Waals surface area contributed by atoms with Crippen molar-refractivity contribution in [1.29, 1.82) is 0 Å². The van der Waals surface area contributed by atoms with E-state index in [0.29, 0.717) is 0 Å². The first kappa shape index (κ1) is 11.4. The van der Waals surface area contributed by atoms with Gasteiger partial charge in [0.2, 0.25) is 5.91 Å². The van der Waals surface area contributed by atoms with Crippen molar-refractivity contribution >= 4 is 11.9 Å². The summed E-state index contributed by atoms with van der Waals surface area (Å²) in [6, 6.07) is -0.417. The van der Waals surface area contributed by atoms with E-state index in [9.17, 15) is 9.59 Å². The number of nitrogens with one attached hydrogen (secondary N) is 1. The number of fused-ring (bicyclic) bond motifs is 1. The van der Waals surface area contributed by atoms with Crippen LogP contribution >= 0.6 is 0 Å². The normalized spacial score (nSPS) is 33.4. The van der Waals surface area contributed by atoms with Crippen LogP contribution in [-0.4, -0.2) is 23.5 Å². The highest BCUT2D eigenvalue weighted by atomic mass is 16.6. The molecular formula is C12H19NO3. The number of amides is 1. The zero-order valence-electron chi connectivity index (χ0n) is 10.1. The topological polar surface area (TPSA) is 55.4 Å². The third kappa shape index (κ3) is 2.06. The zero-order valence-corrected chi connectivity index (χ0v) is 10.1. The van der Waals surface area contributed by atoms with Crippen LogP contribution in [0.1, 0.15) is 40.0 Å². The summed E-state index contributed by atoms with van der Waals surface area (Å²) < 4.78 is 5.32. The molecular weight excluding hydrogens is 206 g/mol. The van der Waals surface area contributed by atoms with E-state index < -0.39 is 11.6 Å². The molecule has 0 aromatic carbocycles. The Morgan fingerprint density at radius 3 is 2.69 bits per heavy atom. The lowest BCUT2D eigenvalue weighted by Crippen LogP contribution is -2.41. The van der Waals surface area contributed by atoms with Crippen molar-refractivity contribution in [2.24, 2.45) is 11.8 Å². The van der Waals surface area contributed by atoms with Gasteiger partial charge in [0.05, 0.1) is 0 Å². The summed E-state index contributed by atoms with van der Waals surface area (Å²) in [6.07, 6.45) is 2.91. The predicted octanol–water partition coefficient (Wildman–Crippen LogP) is 1.24. The average molecular weight is 225 g/mol. The number of carbonyl (C=O) groups is 2. The molecule has 90 valence electrons. The van der Waals surface area contributed by atoms with Gasteiger partial charge in [-0.2, -0.15) is 0 Å². The Balaban J connectivity index is 2.05. The summed E-state index contributed by atoms with van der Waals surface area (Å²) in [5.41, 5.74) is -0.488. The van der Waals surface area contributed by atoms with E-state index >= 15 is 0 Å². The summed E-state index contributed by atoms with van der Waals surface area (Å²) >= 11 is 0. The molecule has 0 aromatic rings. The number of hydrogen-bond acceptors (Lipinski definition) is 3. The Bertz CT molecular complexity index is 319. The smallest absolute Gasteiger partial charge is 0.329 e. The summed E-state index contributed by atoms with van der Waals surface area (Å²) in [5.74, 6) is -0.0616. The Kier molecular flexibility index (Phi) is 2.68. The molecule has 2 aliphatic rings. The van der Waals surface area contributed by atoms with Crippen molar-refractivity contribution in [2.75, 3.05) is 0 Å². The molecule has 1 aliphatic heterocycles. The zero-order chi connectivity index (χ0) is 11.9. The van der Waals surface area contributed by atoms with Gasteiger partial charge in [-0.25, -0.2) is 4.79 Å². The molecule has 3 atom stereocenters. The van der Waals surface area contributed by atoms with Gasteiger partial charge in [-0.3, -0.25) is 4.79 Å². The molecule has 16 heavy (non-hydrogen) atoms. The molecule has 0 bridgehead atoms. The largest absolute Gasteiger partial charge is 0.458 e. The molecule has 1 heterocycles. The van der Waals surface area contributed by atoms with Crippen molar-refractivity contribution < 1.29 is 14.3 Å². The van der Waals surface area contributed by atoms with Crippen LogP contribution < -0.4 is 5.32 Å². The number of rotatable bonds is 1. The second-order valence-corrected chi connectivity index (χ2v) is 5.72. The summed E-state index contributed by atoms with van der Waals surface area (Å²) in [7, 11) is 0. The van der Waals surface area contributed by atoms with Crippen LogP contribution in [0, 0.1) is 11.8 Å². The van der Waals surface area contributed by atoms with Gasteiger partial charge in [0.1, 0.15) is 11.6 Å². The van der Waals surface area contributed by atoms with Crippen LogP contribution in [-0.2, 0) is 14.3 Å². The maximum atomic E-state index is 11.9. The summed E-state index contributed by atoms with van der Waals surface area (Å²) in [6.45, 7) is 5.52. The van der Waals surface area contributed by atoms with E-state index in [-0.39, 0.29) is 23.7 Å². The van der Waals surface area contributed by atoms with Crippen molar-refractivity contribution in [3.63, 3.8) is 0 Å². The van der Waals surface area contributed by atoms with E-state index in [2.05, 4.69) is 5.32 Å². The highest BCUT2D eigenvalue weighted by Gasteiger charge is 2.49. The van der Waals surface area contributed by atoms with Crippen LogP contribution in [0.3, 0.4) is 0 Å². The van der Waals surface area contributed by atoms with E-state index in [0.717, 1.165) is 19.3 Å². The second kappa shape index (κ2) is 3.75. The van der Waals surface area contributed by atoms with Crippen LogP contribution in [0.5, 0.6) is 0 Å². The molecule has 0 radical (unpaired) electrons. The molecule has 1 N–H and O–H groups in total. The molecule has 0 aromatic heterocycles. The number of ether oxygens (including phenoxy) is 1. The lowest BCUT2D eigenvalue weighted by atomic mass is 9.94. The SMILES string of the molecule is CC(C)(C)OC(=O)[C@H]1NC(=O)[C@@H]2CCC[C@H]12. The van der Waals surface area contributed by atoms with Crippen molar-refractivity contribution in [1.82, 2.24) is 5.32 Å². The van der Waals surface area contributed by atoms with Gasteiger partial charge in [0.15, 0.2) is 0 Å². The molecule has 1 aliphatic carbocycles. The summed E-state index contributed by atoms with van der Waals surface area (Å²) in [5, 5.41) is 2.76. The quantitative estimate of drug-likeness (QED) is 0.683. The van der Waals surface area contributed by atoms with Crippen molar-refractivity contribution in [3.05, 3.63) is 0 Å². The maximum Gasteiger partial charge on any atom is 0.329 e.